The molecule has 3 heterocycles. The van der Waals surface area contributed by atoms with Crippen molar-refractivity contribution in [3.63, 3.8) is 0 Å². The van der Waals surface area contributed by atoms with Gasteiger partial charge in [-0.1, -0.05) is 51.1 Å². The smallest absolute Gasteiger partial charge is 0.241 e. The summed E-state index contributed by atoms with van der Waals surface area (Å²) in [4.78, 5) is 39.6. The van der Waals surface area contributed by atoms with Crippen molar-refractivity contribution >= 4 is 23.4 Å². The van der Waals surface area contributed by atoms with E-state index in [-0.39, 0.29) is 24.3 Å². The van der Waals surface area contributed by atoms with Gasteiger partial charge in [0.2, 0.25) is 17.7 Å². The van der Waals surface area contributed by atoms with E-state index in [0.29, 0.717) is 5.69 Å². The fourth-order valence-electron chi connectivity index (χ4n) is 4.02. The van der Waals surface area contributed by atoms with Crippen LogP contribution in [-0.4, -0.2) is 36.0 Å². The van der Waals surface area contributed by atoms with Gasteiger partial charge < -0.3 is 10.1 Å². The molecule has 0 radical (unpaired) electrons. The van der Waals surface area contributed by atoms with Crippen LogP contribution in [-0.2, 0) is 19.1 Å². The molecule has 1 aromatic rings. The second-order valence-electron chi connectivity index (χ2n) is 8.18. The van der Waals surface area contributed by atoms with Crippen molar-refractivity contribution in [2.45, 2.75) is 32.5 Å². The molecule has 2 fully saturated rings. The van der Waals surface area contributed by atoms with Crippen molar-refractivity contribution in [2.24, 2.45) is 17.3 Å². The number of hydrogen-bond donors (Lipinski definition) is 1. The van der Waals surface area contributed by atoms with Crippen LogP contribution < -0.4 is 10.2 Å². The lowest BCUT2D eigenvalue weighted by Gasteiger charge is -2.30. The number of fused-ring (bicyclic) bond motifs is 5. The van der Waals surface area contributed by atoms with Crippen LogP contribution in [0.4, 0.5) is 5.69 Å². The summed E-state index contributed by atoms with van der Waals surface area (Å²) in [6.45, 7) is 5.66. The van der Waals surface area contributed by atoms with Crippen molar-refractivity contribution in [1.29, 1.82) is 0 Å². The molecule has 0 saturated carbocycles. The first-order chi connectivity index (χ1) is 12.2. The number of carbonyl (C=O) groups excluding carboxylic acids is 3. The van der Waals surface area contributed by atoms with Gasteiger partial charge >= 0.3 is 0 Å². The van der Waals surface area contributed by atoms with E-state index in [2.05, 4.69) is 5.32 Å². The quantitative estimate of drug-likeness (QED) is 0.662. The summed E-state index contributed by atoms with van der Waals surface area (Å²) in [5.74, 6) is -1.75. The Morgan fingerprint density at radius 3 is 2.54 bits per heavy atom. The molecule has 4 rings (SSSR count). The first-order valence-electron chi connectivity index (χ1n) is 8.83. The first-order valence-corrected chi connectivity index (χ1v) is 8.83. The molecule has 0 aromatic heterocycles. The third kappa shape index (κ3) is 2.32. The summed E-state index contributed by atoms with van der Waals surface area (Å²) < 4.78 is 6.02. The third-order valence-electron chi connectivity index (χ3n) is 5.38. The van der Waals surface area contributed by atoms with Gasteiger partial charge in [0.1, 0.15) is 5.60 Å². The van der Waals surface area contributed by atoms with Crippen molar-refractivity contribution in [3.8, 4) is 0 Å². The fourth-order valence-corrected chi connectivity index (χ4v) is 4.02. The Labute approximate surface area is 152 Å². The third-order valence-corrected chi connectivity index (χ3v) is 5.38. The maximum atomic E-state index is 13.1. The highest BCUT2D eigenvalue weighted by molar-refractivity contribution is 6.23. The molecule has 0 aliphatic carbocycles. The average molecular weight is 354 g/mol. The van der Waals surface area contributed by atoms with E-state index in [1.54, 1.807) is 24.3 Å². The normalized spacial score (nSPS) is 32.3. The SMILES string of the molecule is CC(C)(C)C(=O)NC[C@]12C=C[C@H](O1)[C@H]1C(=O)N(c3ccccc3)C(=O)[C@@H]12. The van der Waals surface area contributed by atoms with Gasteiger partial charge in [-0.25, -0.2) is 4.90 Å². The van der Waals surface area contributed by atoms with Crippen molar-refractivity contribution in [1.82, 2.24) is 5.32 Å². The van der Waals surface area contributed by atoms with Gasteiger partial charge in [0.05, 0.1) is 30.2 Å². The highest BCUT2D eigenvalue weighted by Gasteiger charge is 2.67. The van der Waals surface area contributed by atoms with Gasteiger partial charge in [-0.2, -0.15) is 0 Å². The Bertz CT molecular complexity index is 811. The molecule has 3 amide bonds. The summed E-state index contributed by atoms with van der Waals surface area (Å²) in [7, 11) is 0. The van der Waals surface area contributed by atoms with Crippen molar-refractivity contribution in [3.05, 3.63) is 42.5 Å². The highest BCUT2D eigenvalue weighted by atomic mass is 16.5. The summed E-state index contributed by atoms with van der Waals surface area (Å²) in [5.41, 5.74) is -0.917. The van der Waals surface area contributed by atoms with Crippen LogP contribution in [0.25, 0.3) is 0 Å². The Balaban J connectivity index is 1.62. The number of para-hydroxylation sites is 1. The molecule has 1 aromatic carbocycles. The molecule has 136 valence electrons. The van der Waals surface area contributed by atoms with Crippen LogP contribution in [0.2, 0.25) is 0 Å². The van der Waals surface area contributed by atoms with E-state index >= 15 is 0 Å². The summed E-state index contributed by atoms with van der Waals surface area (Å²) in [6, 6.07) is 8.94. The number of carbonyl (C=O) groups is 3. The molecule has 1 N–H and O–H groups in total. The molecule has 2 bridgehead atoms. The number of imide groups is 1. The fraction of sp³-hybridized carbons (Fsp3) is 0.450. The van der Waals surface area contributed by atoms with Crippen molar-refractivity contribution < 1.29 is 19.1 Å². The maximum Gasteiger partial charge on any atom is 0.241 e. The first kappa shape index (κ1) is 17.0. The monoisotopic (exact) mass is 354 g/mol. The minimum absolute atomic E-state index is 0.118. The van der Waals surface area contributed by atoms with Gasteiger partial charge in [0.25, 0.3) is 0 Å². The zero-order valence-corrected chi connectivity index (χ0v) is 15.1. The second kappa shape index (κ2) is 5.51. The van der Waals surface area contributed by atoms with Crippen LogP contribution in [0.3, 0.4) is 0 Å². The predicted molar refractivity (Wildman–Crippen MR) is 95.1 cm³/mol. The Morgan fingerprint density at radius 1 is 1.19 bits per heavy atom. The lowest BCUT2D eigenvalue weighted by molar-refractivity contribution is -0.132. The molecule has 2 saturated heterocycles. The minimum Gasteiger partial charge on any atom is -0.360 e. The Kier molecular flexibility index (Phi) is 3.60. The van der Waals surface area contributed by atoms with Crippen LogP contribution in [0.1, 0.15) is 20.8 Å². The van der Waals surface area contributed by atoms with Crippen molar-refractivity contribution in [2.75, 3.05) is 11.4 Å². The number of nitrogens with zero attached hydrogens (tertiary/aromatic N) is 1. The standard InChI is InChI=1S/C20H22N2O4/c1-19(2,3)18(25)21-11-20-10-9-13(26-20)14-15(20)17(24)22(16(14)23)12-7-5-4-6-8-12/h4-10,13-15H,11H2,1-3H3,(H,21,25)/t13-,14+,15+,20-/m0/s1. The van der Waals surface area contributed by atoms with E-state index in [1.807, 2.05) is 39.0 Å². The molecular weight excluding hydrogens is 332 g/mol. The van der Waals surface area contributed by atoms with Crippen LogP contribution in [0.5, 0.6) is 0 Å². The predicted octanol–water partition coefficient (Wildman–Crippen LogP) is 1.66. The topological polar surface area (TPSA) is 75.7 Å². The van der Waals surface area contributed by atoms with Crippen LogP contribution >= 0.6 is 0 Å². The molecule has 0 unspecified atom stereocenters. The molecule has 6 heteroatoms. The van der Waals surface area contributed by atoms with Gasteiger partial charge in [-0.05, 0) is 12.1 Å². The number of hydrogen-bond acceptors (Lipinski definition) is 4. The molecular formula is C20H22N2O4. The van der Waals surface area contributed by atoms with E-state index < -0.39 is 29.0 Å². The lowest BCUT2D eigenvalue weighted by Crippen LogP contribution is -2.50. The molecule has 4 atom stereocenters. The minimum atomic E-state index is -0.952. The van der Waals surface area contributed by atoms with Crippen LogP contribution in [0.15, 0.2) is 42.5 Å². The van der Waals surface area contributed by atoms with E-state index in [1.165, 1.54) is 4.90 Å². The Hall–Kier alpha value is -2.47. The number of rotatable bonds is 3. The molecule has 3 aliphatic heterocycles. The molecule has 26 heavy (non-hydrogen) atoms. The second-order valence-corrected chi connectivity index (χ2v) is 8.18. The number of nitrogens with one attached hydrogen (secondary N) is 1. The maximum absolute atomic E-state index is 13.1. The highest BCUT2D eigenvalue weighted by Crippen LogP contribution is 2.52. The van der Waals surface area contributed by atoms with Gasteiger partial charge in [0, 0.05) is 5.41 Å². The molecule has 6 nitrogen and oxygen atoms in total. The largest absolute Gasteiger partial charge is 0.360 e. The summed E-state index contributed by atoms with van der Waals surface area (Å²) >= 11 is 0. The molecule has 0 spiro atoms. The number of ether oxygens (including phenoxy) is 1. The van der Waals surface area contributed by atoms with Gasteiger partial charge in [-0.15, -0.1) is 0 Å². The van der Waals surface area contributed by atoms with Gasteiger partial charge in [0.15, 0.2) is 0 Å². The number of benzene rings is 1. The average Bonchev–Trinajstić information content (AvgIpc) is 3.23. The summed E-state index contributed by atoms with van der Waals surface area (Å²) in [5, 5.41) is 2.89. The number of amides is 3. The lowest BCUT2D eigenvalue weighted by atomic mass is 9.76. The number of anilines is 1. The zero-order chi connectivity index (χ0) is 18.7. The molecule has 3 aliphatic rings. The van der Waals surface area contributed by atoms with Gasteiger partial charge in [-0.3, -0.25) is 14.4 Å². The van der Waals surface area contributed by atoms with E-state index in [0.717, 1.165) is 0 Å². The van der Waals surface area contributed by atoms with E-state index in [9.17, 15) is 14.4 Å². The van der Waals surface area contributed by atoms with Crippen LogP contribution in [0, 0.1) is 17.3 Å². The zero-order valence-electron chi connectivity index (χ0n) is 15.1. The summed E-state index contributed by atoms with van der Waals surface area (Å²) in [6.07, 6.45) is 3.25. The van der Waals surface area contributed by atoms with E-state index in [4.69, 9.17) is 4.74 Å². The Morgan fingerprint density at radius 2 is 1.88 bits per heavy atom.